The van der Waals surface area contributed by atoms with Gasteiger partial charge in [-0.3, -0.25) is 0 Å². The second-order valence-corrected chi connectivity index (χ2v) is 23.8. The van der Waals surface area contributed by atoms with Crippen LogP contribution in [0, 0.1) is 0 Å². The highest BCUT2D eigenvalue weighted by Gasteiger charge is 2.31. The minimum absolute atomic E-state index is 1.04. The summed E-state index contributed by atoms with van der Waals surface area (Å²) in [6, 6.07) is 31.8. The van der Waals surface area contributed by atoms with E-state index in [1.54, 1.807) is 0 Å². The molecule has 2 heterocycles. The summed E-state index contributed by atoms with van der Waals surface area (Å²) >= 11 is 21.1. The van der Waals surface area contributed by atoms with Crippen molar-refractivity contribution >= 4 is 127 Å². The van der Waals surface area contributed by atoms with E-state index in [1.165, 1.54) is 199 Å². The van der Waals surface area contributed by atoms with Crippen molar-refractivity contribution in [3.63, 3.8) is 0 Å². The molecule has 0 radical (unpaired) electrons. The third-order valence-electron chi connectivity index (χ3n) is 10.9. The summed E-state index contributed by atoms with van der Waals surface area (Å²) in [6.07, 6.45) is 27.2. The first-order valence-corrected chi connectivity index (χ1v) is 28.6. The lowest BCUT2D eigenvalue weighted by Crippen LogP contribution is -1.85. The molecule has 0 unspecified atom stereocenters. The van der Waals surface area contributed by atoms with E-state index in [2.05, 4.69) is 134 Å². The molecule has 0 amide bonds. The van der Waals surface area contributed by atoms with Gasteiger partial charge in [0.15, 0.2) is 0 Å². The Kier molecular flexibility index (Phi) is 22.2. The lowest BCUT2D eigenvalue weighted by Gasteiger charge is -2.07. The van der Waals surface area contributed by atoms with Crippen LogP contribution in [-0.2, 0) is 0 Å². The molecule has 0 nitrogen and oxygen atoms in total. The summed E-state index contributed by atoms with van der Waals surface area (Å²) in [5.41, 5.74) is 2.73. The summed E-state index contributed by atoms with van der Waals surface area (Å²) in [5.74, 6) is 4.47. The van der Waals surface area contributed by atoms with E-state index < -0.39 is 0 Å². The minimum Gasteiger partial charge on any atom is -0.179 e. The zero-order valence-electron chi connectivity index (χ0n) is 34.4. The Labute approximate surface area is 388 Å². The van der Waals surface area contributed by atoms with Crippen LogP contribution in [0.15, 0.2) is 102 Å². The molecule has 58 heavy (non-hydrogen) atoms. The Hall–Kier alpha value is -0.580. The quantitative estimate of drug-likeness (QED) is 0.0427. The van der Waals surface area contributed by atoms with Gasteiger partial charge in [0, 0.05) is 9.81 Å². The molecule has 0 spiro atoms. The average Bonchev–Trinajstić information content (AvgIpc) is 3.89. The van der Waals surface area contributed by atoms with Crippen molar-refractivity contribution in [1.29, 1.82) is 0 Å². The first-order valence-electron chi connectivity index (χ1n) is 22.1. The van der Waals surface area contributed by atoms with Gasteiger partial charge in [0.25, 0.3) is 0 Å². The Morgan fingerprint density at radius 1 is 0.345 bits per heavy atom. The van der Waals surface area contributed by atoms with Crippen LogP contribution in [0.3, 0.4) is 0 Å². The van der Waals surface area contributed by atoms with Gasteiger partial charge in [-0.15, -0.1) is 23.5 Å². The Bertz CT molecular complexity index is 1810. The maximum Gasteiger partial charge on any atom is 0.0712 e. The van der Waals surface area contributed by atoms with Crippen molar-refractivity contribution in [2.24, 2.45) is 0 Å². The lowest BCUT2D eigenvalue weighted by molar-refractivity contribution is 0.564. The Morgan fingerprint density at radius 2 is 0.672 bits per heavy atom. The topological polar surface area (TPSA) is 0 Å². The summed E-state index contributed by atoms with van der Waals surface area (Å²) < 4.78 is 5.93. The van der Waals surface area contributed by atoms with E-state index in [4.69, 9.17) is 0 Å². The summed E-state index contributed by atoms with van der Waals surface area (Å²) in [6.45, 7) is 0. The van der Waals surface area contributed by atoms with Gasteiger partial charge >= 0.3 is 0 Å². The number of hydrogen-bond donors (Lipinski definition) is 2. The number of thiol groups is 2. The van der Waals surface area contributed by atoms with Gasteiger partial charge in [-0.05, 0) is 93.5 Å². The molecule has 4 aromatic rings. The third kappa shape index (κ3) is 15.3. The molecule has 0 saturated heterocycles. The number of unbranched alkanes of at least 4 members (excludes halogenated alkanes) is 18. The van der Waals surface area contributed by atoms with Crippen LogP contribution < -0.4 is 0 Å². The summed E-state index contributed by atoms with van der Waals surface area (Å²) in [5, 5.41) is 5.29. The SMILES string of the molecule is SCCCCCCCCCCCCSC1=C(c2ccc3ccccc3c2)S/C(=C2/SC(SCCCCCCCCCCCCS)=C(c3ccc4ccccc4c3)S2)S1. The van der Waals surface area contributed by atoms with Crippen LogP contribution in [-0.4, -0.2) is 23.0 Å². The summed E-state index contributed by atoms with van der Waals surface area (Å²) in [7, 11) is 0. The van der Waals surface area contributed by atoms with Gasteiger partial charge in [0.1, 0.15) is 0 Å². The molecular weight excluding hydrogens is 857 g/mol. The van der Waals surface area contributed by atoms with E-state index in [-0.39, 0.29) is 0 Å². The number of thioether (sulfide) groups is 6. The Balaban J connectivity index is 1.08. The van der Waals surface area contributed by atoms with Crippen molar-refractivity contribution in [3.8, 4) is 0 Å². The highest BCUT2D eigenvalue weighted by Crippen LogP contribution is 2.66. The monoisotopic (exact) mass is 920 g/mol. The molecule has 0 aromatic heterocycles. The van der Waals surface area contributed by atoms with Crippen LogP contribution in [0.25, 0.3) is 31.4 Å². The zero-order valence-corrected chi connectivity index (χ0v) is 41.1. The van der Waals surface area contributed by atoms with Crippen molar-refractivity contribution in [3.05, 3.63) is 113 Å². The van der Waals surface area contributed by atoms with Crippen LogP contribution in [0.1, 0.15) is 140 Å². The number of fused-ring (bicyclic) bond motifs is 2. The van der Waals surface area contributed by atoms with Crippen LogP contribution in [0.4, 0.5) is 0 Å². The molecule has 0 saturated carbocycles. The highest BCUT2D eigenvalue weighted by molar-refractivity contribution is 8.42. The van der Waals surface area contributed by atoms with Gasteiger partial charge in [0.2, 0.25) is 0 Å². The second-order valence-electron chi connectivity index (χ2n) is 15.6. The molecule has 6 rings (SSSR count). The zero-order chi connectivity index (χ0) is 40.0. The molecule has 0 fully saturated rings. The lowest BCUT2D eigenvalue weighted by atomic mass is 10.1. The third-order valence-corrected chi connectivity index (χ3v) is 20.3. The van der Waals surface area contributed by atoms with E-state index in [9.17, 15) is 0 Å². The number of rotatable bonds is 28. The van der Waals surface area contributed by atoms with Crippen LogP contribution in [0.2, 0.25) is 0 Å². The van der Waals surface area contributed by atoms with Crippen LogP contribution in [0.5, 0.6) is 0 Å². The van der Waals surface area contributed by atoms with Crippen molar-refractivity contribution in [2.45, 2.75) is 128 Å². The summed E-state index contributed by atoms with van der Waals surface area (Å²) in [4.78, 5) is 2.90. The van der Waals surface area contributed by atoms with Gasteiger partial charge < -0.3 is 0 Å². The van der Waals surface area contributed by atoms with E-state index in [0.717, 1.165) is 11.5 Å². The first kappa shape index (κ1) is 46.9. The Morgan fingerprint density at radius 3 is 1.03 bits per heavy atom. The fraction of sp³-hybridized carbons (Fsp3) is 0.480. The van der Waals surface area contributed by atoms with Gasteiger partial charge in [0.05, 0.1) is 16.9 Å². The van der Waals surface area contributed by atoms with Crippen molar-refractivity contribution in [2.75, 3.05) is 23.0 Å². The number of hydrogen-bond acceptors (Lipinski definition) is 8. The molecular formula is C50H64S8. The molecule has 2 aliphatic rings. The molecule has 0 aliphatic carbocycles. The maximum atomic E-state index is 4.35. The average molecular weight is 922 g/mol. The standard InChI is InChI=1S/C50H64S8/c51-33-21-13-9-5-1-3-7-11-15-23-35-53-47-45(43-31-29-39-25-17-19-27-41(39)37-43)55-49(57-47)50-56-46(44-32-30-40-26-18-20-28-42(40)38-44)48(58-50)54-36-24-16-12-8-4-2-6-10-14-22-34-52/h17-20,25-32,37-38,51-52H,1-16,21-24,33-36H2/b50-49-. The van der Waals surface area contributed by atoms with E-state index in [0.29, 0.717) is 0 Å². The first-order chi connectivity index (χ1) is 28.7. The molecule has 0 N–H and O–H groups in total. The highest BCUT2D eigenvalue weighted by atomic mass is 32.2. The fourth-order valence-corrected chi connectivity index (χ4v) is 16.9. The predicted molar refractivity (Wildman–Crippen MR) is 284 cm³/mol. The largest absolute Gasteiger partial charge is 0.179 e. The molecule has 8 heteroatoms. The second kappa shape index (κ2) is 27.5. The van der Waals surface area contributed by atoms with Crippen molar-refractivity contribution < 1.29 is 0 Å². The van der Waals surface area contributed by atoms with Crippen molar-refractivity contribution in [1.82, 2.24) is 0 Å². The number of benzene rings is 4. The van der Waals surface area contributed by atoms with Gasteiger partial charge in [-0.2, -0.15) is 25.3 Å². The molecule has 0 bridgehead atoms. The van der Waals surface area contributed by atoms with Crippen LogP contribution >= 0.6 is 95.8 Å². The van der Waals surface area contributed by atoms with Gasteiger partial charge in [-0.1, -0.05) is 223 Å². The van der Waals surface area contributed by atoms with E-state index >= 15 is 0 Å². The molecule has 4 aromatic carbocycles. The fourth-order valence-electron chi connectivity index (χ4n) is 7.53. The van der Waals surface area contributed by atoms with E-state index in [1.807, 2.05) is 47.0 Å². The smallest absolute Gasteiger partial charge is 0.0712 e. The normalized spacial score (nSPS) is 15.9. The predicted octanol–water partition coefficient (Wildman–Crippen LogP) is 19.2. The van der Waals surface area contributed by atoms with Gasteiger partial charge in [-0.25, -0.2) is 0 Å². The molecule has 0 atom stereocenters. The minimum atomic E-state index is 1.04. The maximum absolute atomic E-state index is 4.35. The molecule has 2 aliphatic heterocycles. The molecule has 312 valence electrons.